The number of aromatic nitrogens is 1. The van der Waals surface area contributed by atoms with Gasteiger partial charge in [0.15, 0.2) is 11.7 Å². The molecule has 0 saturated heterocycles. The predicted molar refractivity (Wildman–Crippen MR) is 101 cm³/mol. The average molecular weight is 350 g/mol. The lowest BCUT2D eigenvalue weighted by atomic mass is 10.2. The number of amides is 1. The molecule has 3 aromatic rings. The summed E-state index contributed by atoms with van der Waals surface area (Å²) in [6, 6.07) is 17.2. The van der Waals surface area contributed by atoms with Crippen LogP contribution in [-0.4, -0.2) is 17.5 Å². The molecule has 134 valence electrons. The minimum atomic E-state index is -0.1000. The van der Waals surface area contributed by atoms with Crippen LogP contribution < -0.4 is 10.1 Å². The van der Waals surface area contributed by atoms with Crippen molar-refractivity contribution in [1.82, 2.24) is 4.98 Å². The summed E-state index contributed by atoms with van der Waals surface area (Å²) >= 11 is 0. The van der Waals surface area contributed by atoms with Crippen molar-refractivity contribution in [1.29, 1.82) is 0 Å². The third kappa shape index (κ3) is 4.72. The second-order valence-electron chi connectivity index (χ2n) is 5.88. The van der Waals surface area contributed by atoms with Gasteiger partial charge in [0, 0.05) is 18.4 Å². The zero-order valence-electron chi connectivity index (χ0n) is 14.8. The third-order valence-electron chi connectivity index (χ3n) is 3.80. The molecule has 0 aliphatic rings. The first-order valence-electron chi connectivity index (χ1n) is 8.78. The molecule has 0 unspecified atom stereocenters. The van der Waals surface area contributed by atoms with Crippen molar-refractivity contribution >= 4 is 11.6 Å². The van der Waals surface area contributed by atoms with Crippen LogP contribution >= 0.6 is 0 Å². The van der Waals surface area contributed by atoms with Crippen LogP contribution in [0.15, 0.2) is 65.2 Å². The van der Waals surface area contributed by atoms with Crippen LogP contribution in [0.4, 0.5) is 5.69 Å². The number of ether oxygens (including phenoxy) is 1. The van der Waals surface area contributed by atoms with Gasteiger partial charge in [-0.3, -0.25) is 4.79 Å². The quantitative estimate of drug-likeness (QED) is 0.639. The smallest absolute Gasteiger partial charge is 0.224 e. The Hall–Kier alpha value is -3.08. The highest BCUT2D eigenvalue weighted by atomic mass is 16.5. The number of para-hydroxylation sites is 2. The number of rotatable bonds is 8. The van der Waals surface area contributed by atoms with E-state index in [-0.39, 0.29) is 12.3 Å². The van der Waals surface area contributed by atoms with E-state index in [1.165, 1.54) is 0 Å². The monoisotopic (exact) mass is 350 g/mol. The number of benzene rings is 2. The molecular formula is C21H22N2O3. The van der Waals surface area contributed by atoms with Gasteiger partial charge >= 0.3 is 0 Å². The van der Waals surface area contributed by atoms with Crippen molar-refractivity contribution in [3.05, 3.63) is 66.7 Å². The fourth-order valence-corrected chi connectivity index (χ4v) is 2.50. The van der Waals surface area contributed by atoms with Crippen molar-refractivity contribution in [3.63, 3.8) is 0 Å². The van der Waals surface area contributed by atoms with Crippen molar-refractivity contribution in [2.75, 3.05) is 11.9 Å². The topological polar surface area (TPSA) is 64.4 Å². The van der Waals surface area contributed by atoms with Gasteiger partial charge in [-0.1, -0.05) is 49.4 Å². The first kappa shape index (κ1) is 17.7. The molecule has 5 heteroatoms. The molecule has 0 bridgehead atoms. The first-order valence-corrected chi connectivity index (χ1v) is 8.78. The van der Waals surface area contributed by atoms with E-state index in [1.54, 1.807) is 6.20 Å². The van der Waals surface area contributed by atoms with Gasteiger partial charge in [0.05, 0.1) is 18.5 Å². The normalized spacial score (nSPS) is 10.5. The number of aryl methyl sites for hydroxylation is 1. The SMILES string of the molecule is CCCOc1ccccc1NC(=O)CCc1ncc(-c2ccccc2)o1. The van der Waals surface area contributed by atoms with Crippen LogP contribution in [0.25, 0.3) is 11.3 Å². The third-order valence-corrected chi connectivity index (χ3v) is 3.80. The molecule has 0 saturated carbocycles. The number of carbonyl (C=O) groups excluding carboxylic acids is 1. The highest BCUT2D eigenvalue weighted by molar-refractivity contribution is 5.92. The number of hydrogen-bond acceptors (Lipinski definition) is 4. The molecule has 26 heavy (non-hydrogen) atoms. The van der Waals surface area contributed by atoms with E-state index in [0.29, 0.717) is 36.1 Å². The Morgan fingerprint density at radius 2 is 1.88 bits per heavy atom. The van der Waals surface area contributed by atoms with Gasteiger partial charge in [0.1, 0.15) is 5.75 Å². The summed E-state index contributed by atoms with van der Waals surface area (Å²) in [7, 11) is 0. The summed E-state index contributed by atoms with van der Waals surface area (Å²) < 4.78 is 11.4. The van der Waals surface area contributed by atoms with Crippen LogP contribution in [0.3, 0.4) is 0 Å². The zero-order chi connectivity index (χ0) is 18.2. The van der Waals surface area contributed by atoms with E-state index in [2.05, 4.69) is 10.3 Å². The predicted octanol–water partition coefficient (Wildman–Crippen LogP) is 4.70. The Morgan fingerprint density at radius 1 is 1.12 bits per heavy atom. The van der Waals surface area contributed by atoms with Gasteiger partial charge in [-0.15, -0.1) is 0 Å². The van der Waals surface area contributed by atoms with Crippen LogP contribution in [0.2, 0.25) is 0 Å². The number of oxazole rings is 1. The Morgan fingerprint density at radius 3 is 2.69 bits per heavy atom. The minimum Gasteiger partial charge on any atom is -0.491 e. The van der Waals surface area contributed by atoms with E-state index in [9.17, 15) is 4.79 Å². The van der Waals surface area contributed by atoms with Gasteiger partial charge < -0.3 is 14.5 Å². The maximum absolute atomic E-state index is 12.3. The van der Waals surface area contributed by atoms with Gasteiger partial charge in [-0.2, -0.15) is 0 Å². The van der Waals surface area contributed by atoms with Gasteiger partial charge in [0.2, 0.25) is 5.91 Å². The van der Waals surface area contributed by atoms with E-state index in [1.807, 2.05) is 61.5 Å². The molecule has 1 amide bonds. The first-order chi connectivity index (χ1) is 12.8. The van der Waals surface area contributed by atoms with Crippen LogP contribution in [0.1, 0.15) is 25.7 Å². The number of hydrogen-bond donors (Lipinski definition) is 1. The summed E-state index contributed by atoms with van der Waals surface area (Å²) in [6.45, 7) is 2.66. The lowest BCUT2D eigenvalue weighted by molar-refractivity contribution is -0.116. The molecule has 3 rings (SSSR count). The van der Waals surface area contributed by atoms with Crippen molar-refractivity contribution < 1.29 is 13.9 Å². The van der Waals surface area contributed by atoms with Crippen LogP contribution in [0, 0.1) is 0 Å². The van der Waals surface area contributed by atoms with E-state index < -0.39 is 0 Å². The second kappa shape index (κ2) is 8.85. The fourth-order valence-electron chi connectivity index (χ4n) is 2.50. The molecular weight excluding hydrogens is 328 g/mol. The molecule has 0 radical (unpaired) electrons. The molecule has 5 nitrogen and oxygen atoms in total. The number of carbonyl (C=O) groups is 1. The highest BCUT2D eigenvalue weighted by Gasteiger charge is 2.11. The summed E-state index contributed by atoms with van der Waals surface area (Å²) in [6.07, 6.45) is 3.33. The average Bonchev–Trinajstić information content (AvgIpc) is 3.15. The van der Waals surface area contributed by atoms with Crippen molar-refractivity contribution in [2.45, 2.75) is 26.2 Å². The van der Waals surface area contributed by atoms with Crippen LogP contribution in [-0.2, 0) is 11.2 Å². The van der Waals surface area contributed by atoms with E-state index in [0.717, 1.165) is 12.0 Å². The lowest BCUT2D eigenvalue weighted by Crippen LogP contribution is -2.13. The summed E-state index contributed by atoms with van der Waals surface area (Å²) in [5, 5.41) is 2.89. The number of nitrogens with zero attached hydrogens (tertiary/aromatic N) is 1. The molecule has 1 aromatic heterocycles. The van der Waals surface area contributed by atoms with E-state index >= 15 is 0 Å². The fraction of sp³-hybridized carbons (Fsp3) is 0.238. The molecule has 0 spiro atoms. The molecule has 1 N–H and O–H groups in total. The molecule has 2 aromatic carbocycles. The maximum atomic E-state index is 12.3. The number of nitrogens with one attached hydrogen (secondary N) is 1. The summed E-state index contributed by atoms with van der Waals surface area (Å²) in [5.41, 5.74) is 1.65. The molecule has 0 aliphatic heterocycles. The minimum absolute atomic E-state index is 0.1000. The Bertz CT molecular complexity index is 843. The molecule has 0 atom stereocenters. The Balaban J connectivity index is 1.56. The van der Waals surface area contributed by atoms with Crippen LogP contribution in [0.5, 0.6) is 5.75 Å². The highest BCUT2D eigenvalue weighted by Crippen LogP contribution is 2.24. The Kier molecular flexibility index (Phi) is 6.04. The van der Waals surface area contributed by atoms with Gasteiger partial charge in [0.25, 0.3) is 0 Å². The van der Waals surface area contributed by atoms with Crippen molar-refractivity contribution in [2.24, 2.45) is 0 Å². The molecule has 0 fully saturated rings. The zero-order valence-corrected chi connectivity index (χ0v) is 14.8. The molecule has 0 aliphatic carbocycles. The second-order valence-corrected chi connectivity index (χ2v) is 5.88. The summed E-state index contributed by atoms with van der Waals surface area (Å²) in [4.78, 5) is 16.5. The summed E-state index contributed by atoms with van der Waals surface area (Å²) in [5.74, 6) is 1.84. The molecule has 1 heterocycles. The van der Waals surface area contributed by atoms with Gasteiger partial charge in [-0.05, 0) is 18.6 Å². The largest absolute Gasteiger partial charge is 0.491 e. The van der Waals surface area contributed by atoms with Crippen molar-refractivity contribution in [3.8, 4) is 17.1 Å². The Labute approximate surface area is 153 Å². The van der Waals surface area contributed by atoms with E-state index in [4.69, 9.17) is 9.15 Å². The maximum Gasteiger partial charge on any atom is 0.224 e. The number of anilines is 1. The van der Waals surface area contributed by atoms with Gasteiger partial charge in [-0.25, -0.2) is 4.98 Å². The lowest BCUT2D eigenvalue weighted by Gasteiger charge is -2.11. The standard InChI is InChI=1S/C21H22N2O3/c1-2-14-25-18-11-7-6-10-17(18)23-20(24)12-13-21-22-15-19(26-21)16-8-4-3-5-9-16/h3-11,15H,2,12-14H2,1H3,(H,23,24).